The Morgan fingerprint density at radius 1 is 1.34 bits per heavy atom. The first-order chi connectivity index (χ1) is 15.3. The summed E-state index contributed by atoms with van der Waals surface area (Å²) in [6.07, 6.45) is 4.49. The second kappa shape index (κ2) is 8.62. The molecule has 0 spiro atoms. The molecule has 0 saturated heterocycles. The number of fused-ring (bicyclic) bond motifs is 3. The lowest BCUT2D eigenvalue weighted by Gasteiger charge is -2.14. The third-order valence-corrected chi connectivity index (χ3v) is 6.12. The number of allylic oxidation sites excluding steroid dienone is 2. The summed E-state index contributed by atoms with van der Waals surface area (Å²) >= 11 is 5.60. The van der Waals surface area contributed by atoms with Crippen molar-refractivity contribution in [3.8, 4) is 11.8 Å². The molecule has 2 aromatic rings. The van der Waals surface area contributed by atoms with Crippen molar-refractivity contribution in [2.45, 2.75) is 39.3 Å². The number of nitrogens with zero attached hydrogens (tertiary/aromatic N) is 3. The van der Waals surface area contributed by atoms with Crippen LogP contribution in [0.1, 0.15) is 32.3 Å². The summed E-state index contributed by atoms with van der Waals surface area (Å²) in [5, 5.41) is 21.6. The normalized spacial score (nSPS) is 17.1. The van der Waals surface area contributed by atoms with Gasteiger partial charge in [0.1, 0.15) is 0 Å². The summed E-state index contributed by atoms with van der Waals surface area (Å²) < 4.78 is 14.7. The highest BCUT2D eigenvalue weighted by Gasteiger charge is 2.36. The molecule has 168 valence electrons. The number of rotatable bonds is 8. The van der Waals surface area contributed by atoms with Gasteiger partial charge < -0.3 is 14.6 Å². The lowest BCUT2D eigenvalue weighted by atomic mass is 10.0. The molecule has 2 atom stereocenters. The topological polar surface area (TPSA) is 109 Å². The zero-order valence-corrected chi connectivity index (χ0v) is 18.5. The van der Waals surface area contributed by atoms with Gasteiger partial charge in [0.15, 0.2) is 10.9 Å². The molecule has 2 unspecified atom stereocenters. The summed E-state index contributed by atoms with van der Waals surface area (Å²) in [7, 11) is 0. The first-order valence-corrected chi connectivity index (χ1v) is 10.8. The van der Waals surface area contributed by atoms with E-state index in [1.54, 1.807) is 28.2 Å². The summed E-state index contributed by atoms with van der Waals surface area (Å²) in [5.74, 6) is -0.330. The first kappa shape index (κ1) is 21.8. The van der Waals surface area contributed by atoms with E-state index < -0.39 is 11.0 Å². The van der Waals surface area contributed by atoms with Crippen LogP contribution in [0.15, 0.2) is 36.4 Å². The minimum Gasteiger partial charge on any atom is -0.491 e. The smallest absolute Gasteiger partial charge is 0.308 e. The van der Waals surface area contributed by atoms with Gasteiger partial charge in [0.25, 0.3) is 17.4 Å². The molecule has 4 rings (SSSR count). The fraction of sp³-hybridized carbons (Fsp3) is 0.364. The van der Waals surface area contributed by atoms with Crippen molar-refractivity contribution in [3.05, 3.63) is 56.9 Å². The first-order valence-electron chi connectivity index (χ1n) is 10.4. The zero-order valence-electron chi connectivity index (χ0n) is 17.7. The predicted octanol–water partition coefficient (Wildman–Crippen LogP) is 4.31. The lowest BCUT2D eigenvalue weighted by molar-refractivity contribution is -0.384. The summed E-state index contributed by atoms with van der Waals surface area (Å²) in [6, 6.07) is 6.28. The van der Waals surface area contributed by atoms with E-state index in [4.69, 9.17) is 21.7 Å². The molecule has 1 aliphatic heterocycles. The highest BCUT2D eigenvalue weighted by atomic mass is 32.1. The standard InChI is InChI=1S/C22H23N3O6S/c1-3-13(21(27)30-4-2)9-10-23-19(26)20-24(22(23)32)17-11-15(12-18(17)31-20)14-5-7-16(8-6-14)25(28)29/h5-8,11-13,18,26H,3-4,9-10H2,1-2H3. The quantitative estimate of drug-likeness (QED) is 0.272. The van der Waals surface area contributed by atoms with Gasteiger partial charge in [-0.25, -0.2) is 0 Å². The Morgan fingerprint density at radius 2 is 2.06 bits per heavy atom. The van der Waals surface area contributed by atoms with Crippen molar-refractivity contribution in [2.75, 3.05) is 6.61 Å². The fourth-order valence-corrected chi connectivity index (χ4v) is 4.35. The Morgan fingerprint density at radius 3 is 2.69 bits per heavy atom. The largest absolute Gasteiger partial charge is 0.491 e. The molecule has 1 N–H and O–H groups in total. The van der Waals surface area contributed by atoms with Crippen LogP contribution in [0.5, 0.6) is 11.8 Å². The van der Waals surface area contributed by atoms with Gasteiger partial charge in [-0.1, -0.05) is 6.92 Å². The minimum absolute atomic E-state index is 0.0242. The Bertz CT molecular complexity index is 1190. The number of esters is 1. The van der Waals surface area contributed by atoms with Crippen LogP contribution in [0.4, 0.5) is 5.69 Å². The van der Waals surface area contributed by atoms with Crippen LogP contribution >= 0.6 is 12.2 Å². The molecular formula is C22H23N3O6S. The molecule has 1 aromatic heterocycles. The zero-order chi connectivity index (χ0) is 23.0. The summed E-state index contributed by atoms with van der Waals surface area (Å²) in [6.45, 7) is 4.37. The van der Waals surface area contributed by atoms with Crippen LogP contribution in [-0.2, 0) is 16.1 Å². The third kappa shape index (κ3) is 3.70. The highest BCUT2D eigenvalue weighted by Crippen LogP contribution is 2.44. The Hall–Kier alpha value is -3.40. The van der Waals surface area contributed by atoms with E-state index >= 15 is 0 Å². The second-order valence-electron chi connectivity index (χ2n) is 7.58. The van der Waals surface area contributed by atoms with E-state index in [2.05, 4.69) is 0 Å². The summed E-state index contributed by atoms with van der Waals surface area (Å²) in [5.41, 5.74) is 2.46. The molecule has 32 heavy (non-hydrogen) atoms. The van der Waals surface area contributed by atoms with E-state index in [0.29, 0.717) is 30.8 Å². The van der Waals surface area contributed by atoms with Gasteiger partial charge in [-0.2, -0.15) is 0 Å². The molecule has 0 fully saturated rings. The fourth-order valence-electron chi connectivity index (χ4n) is 3.98. The average Bonchev–Trinajstić information content (AvgIpc) is 3.40. The van der Waals surface area contributed by atoms with Crippen LogP contribution in [0.3, 0.4) is 0 Å². The van der Waals surface area contributed by atoms with Gasteiger partial charge in [0.2, 0.25) is 0 Å². The van der Waals surface area contributed by atoms with E-state index in [-0.39, 0.29) is 29.3 Å². The van der Waals surface area contributed by atoms with Gasteiger partial charge in [0, 0.05) is 18.7 Å². The highest BCUT2D eigenvalue weighted by molar-refractivity contribution is 7.71. The van der Waals surface area contributed by atoms with Crippen LogP contribution in [0.2, 0.25) is 0 Å². The van der Waals surface area contributed by atoms with Gasteiger partial charge in [-0.05, 0) is 67.4 Å². The number of ether oxygens (including phenoxy) is 2. The van der Waals surface area contributed by atoms with Crippen molar-refractivity contribution < 1.29 is 24.3 Å². The van der Waals surface area contributed by atoms with Crippen molar-refractivity contribution in [1.29, 1.82) is 0 Å². The molecule has 9 nitrogen and oxygen atoms in total. The predicted molar refractivity (Wildman–Crippen MR) is 120 cm³/mol. The maximum absolute atomic E-state index is 12.1. The summed E-state index contributed by atoms with van der Waals surface area (Å²) in [4.78, 5) is 22.5. The number of non-ortho nitro benzene ring substituents is 1. The van der Waals surface area contributed by atoms with Crippen LogP contribution < -0.4 is 4.74 Å². The Labute approximate surface area is 189 Å². The van der Waals surface area contributed by atoms with E-state index in [0.717, 1.165) is 16.8 Å². The Kier molecular flexibility index (Phi) is 5.88. The molecule has 2 heterocycles. The van der Waals surface area contributed by atoms with Crippen LogP contribution in [0.25, 0.3) is 11.3 Å². The minimum atomic E-state index is -0.439. The molecular weight excluding hydrogens is 434 g/mol. The van der Waals surface area contributed by atoms with Crippen molar-refractivity contribution in [3.63, 3.8) is 0 Å². The van der Waals surface area contributed by atoms with Crippen LogP contribution in [0, 0.1) is 20.8 Å². The number of hydrogen-bond donors (Lipinski definition) is 1. The van der Waals surface area contributed by atoms with Crippen molar-refractivity contribution in [2.24, 2.45) is 5.92 Å². The molecule has 0 saturated carbocycles. The molecule has 0 bridgehead atoms. The maximum atomic E-state index is 12.1. The number of aromatic nitrogens is 2. The van der Waals surface area contributed by atoms with Gasteiger partial charge in [-0.15, -0.1) is 0 Å². The lowest BCUT2D eigenvalue weighted by Crippen LogP contribution is -2.19. The second-order valence-corrected chi connectivity index (χ2v) is 7.94. The number of nitro groups is 1. The monoisotopic (exact) mass is 457 g/mol. The average molecular weight is 458 g/mol. The maximum Gasteiger partial charge on any atom is 0.308 e. The SMILES string of the molecule is CCOC(=O)C(CC)CCn1c(O)c2n(c1=S)C1=CC(c3ccc([N+](=O)[O-])cc3)=CC1O2. The molecule has 0 radical (unpaired) electrons. The number of hydrogen-bond acceptors (Lipinski definition) is 7. The van der Waals surface area contributed by atoms with E-state index in [1.807, 2.05) is 19.1 Å². The van der Waals surface area contributed by atoms with Crippen molar-refractivity contribution in [1.82, 2.24) is 9.13 Å². The molecule has 1 aliphatic carbocycles. The molecule has 2 aliphatic rings. The van der Waals surface area contributed by atoms with Gasteiger partial charge >= 0.3 is 5.97 Å². The van der Waals surface area contributed by atoms with E-state index in [9.17, 15) is 20.0 Å². The van der Waals surface area contributed by atoms with Gasteiger partial charge in [-0.3, -0.25) is 24.0 Å². The number of aromatic hydroxyl groups is 1. The molecule has 10 heteroatoms. The number of benzene rings is 1. The van der Waals surface area contributed by atoms with E-state index in [1.165, 1.54) is 12.1 Å². The van der Waals surface area contributed by atoms with Crippen molar-refractivity contribution >= 4 is 35.1 Å². The molecule has 0 amide bonds. The third-order valence-electron chi connectivity index (χ3n) is 5.72. The van der Waals surface area contributed by atoms with Crippen LogP contribution in [-0.4, -0.2) is 37.8 Å². The number of nitro benzene ring substituents is 1. The Balaban J connectivity index is 1.57. The number of carbonyl (C=O) groups excluding carboxylic acids is 1. The number of imidazole rings is 1. The van der Waals surface area contributed by atoms with Gasteiger partial charge in [0.05, 0.1) is 23.1 Å². The molecule has 1 aromatic carbocycles. The number of carbonyl (C=O) groups is 1.